The lowest BCUT2D eigenvalue weighted by atomic mass is 10.2. The number of imidazole rings is 1. The van der Waals surface area contributed by atoms with Crippen molar-refractivity contribution in [1.82, 2.24) is 14.7 Å². The minimum absolute atomic E-state index is 0.0384. The number of hydrogen-bond donors (Lipinski definition) is 2. The molecule has 0 aliphatic carbocycles. The number of nitrogens with one attached hydrogen (secondary N) is 2. The van der Waals surface area contributed by atoms with Gasteiger partial charge in [0.25, 0.3) is 11.8 Å². The monoisotopic (exact) mass is 385 g/mol. The second kappa shape index (κ2) is 7.70. The Morgan fingerprint density at radius 3 is 2.69 bits per heavy atom. The van der Waals surface area contributed by atoms with Crippen LogP contribution in [0.5, 0.6) is 0 Å². The van der Waals surface area contributed by atoms with Crippen LogP contribution in [0.3, 0.4) is 0 Å². The molecule has 0 unspecified atom stereocenters. The van der Waals surface area contributed by atoms with Gasteiger partial charge < -0.3 is 15.1 Å². The van der Waals surface area contributed by atoms with E-state index in [1.165, 1.54) is 10.7 Å². The number of para-hydroxylation sites is 1. The molecule has 0 saturated carbocycles. The average Bonchev–Trinajstić information content (AvgIpc) is 3.40. The van der Waals surface area contributed by atoms with Gasteiger partial charge in [-0.1, -0.05) is 18.2 Å². The van der Waals surface area contributed by atoms with Crippen LogP contribution in [-0.4, -0.2) is 21.2 Å². The number of amides is 2. The van der Waals surface area contributed by atoms with Gasteiger partial charge in [-0.2, -0.15) is 5.26 Å². The van der Waals surface area contributed by atoms with Crippen LogP contribution in [0.15, 0.2) is 71.5 Å². The molecule has 0 spiro atoms. The van der Waals surface area contributed by atoms with Crippen molar-refractivity contribution >= 4 is 23.0 Å². The lowest BCUT2D eigenvalue weighted by Crippen LogP contribution is -2.23. The van der Waals surface area contributed by atoms with Gasteiger partial charge in [0, 0.05) is 6.20 Å². The van der Waals surface area contributed by atoms with E-state index in [0.29, 0.717) is 22.5 Å². The van der Waals surface area contributed by atoms with E-state index in [1.54, 1.807) is 60.8 Å². The Kier molecular flexibility index (Phi) is 4.78. The van der Waals surface area contributed by atoms with Crippen molar-refractivity contribution in [3.8, 4) is 6.07 Å². The molecule has 4 rings (SSSR count). The molecule has 3 heterocycles. The van der Waals surface area contributed by atoms with E-state index in [-0.39, 0.29) is 18.1 Å². The predicted molar refractivity (Wildman–Crippen MR) is 104 cm³/mol. The fourth-order valence-electron chi connectivity index (χ4n) is 2.90. The van der Waals surface area contributed by atoms with E-state index < -0.39 is 11.8 Å². The summed E-state index contributed by atoms with van der Waals surface area (Å²) in [5.41, 5.74) is 1.31. The number of benzene rings is 1. The Bertz CT molecular complexity index is 1230. The van der Waals surface area contributed by atoms with Crippen LogP contribution in [0.2, 0.25) is 0 Å². The van der Waals surface area contributed by atoms with Crippen LogP contribution in [0.25, 0.3) is 5.52 Å². The number of fused-ring (bicyclic) bond motifs is 1. The molecule has 4 aromatic rings. The van der Waals surface area contributed by atoms with Crippen LogP contribution in [0, 0.1) is 11.3 Å². The van der Waals surface area contributed by atoms with Crippen molar-refractivity contribution in [2.45, 2.75) is 6.54 Å². The molecule has 0 fully saturated rings. The van der Waals surface area contributed by atoms with E-state index in [4.69, 9.17) is 4.42 Å². The van der Waals surface area contributed by atoms with Crippen molar-refractivity contribution in [2.24, 2.45) is 0 Å². The third kappa shape index (κ3) is 3.57. The molecule has 29 heavy (non-hydrogen) atoms. The summed E-state index contributed by atoms with van der Waals surface area (Å²) in [5, 5.41) is 14.6. The van der Waals surface area contributed by atoms with Crippen LogP contribution >= 0.6 is 0 Å². The first-order chi connectivity index (χ1) is 14.2. The quantitative estimate of drug-likeness (QED) is 0.548. The summed E-state index contributed by atoms with van der Waals surface area (Å²) in [6.07, 6.45) is 3.17. The highest BCUT2D eigenvalue weighted by Gasteiger charge is 2.22. The van der Waals surface area contributed by atoms with Crippen LogP contribution < -0.4 is 10.6 Å². The summed E-state index contributed by atoms with van der Waals surface area (Å²) in [4.78, 5) is 29.7. The highest BCUT2D eigenvalue weighted by atomic mass is 16.3. The highest BCUT2D eigenvalue weighted by molar-refractivity contribution is 6.06. The molecule has 8 heteroatoms. The SMILES string of the molecule is N#Cc1ccccc1NC(=O)c1nc(C(=O)NCc2ccco2)c2ccccn12. The van der Waals surface area contributed by atoms with Gasteiger partial charge in [0.15, 0.2) is 5.69 Å². The second-order valence-corrected chi connectivity index (χ2v) is 6.11. The van der Waals surface area contributed by atoms with Gasteiger partial charge in [-0.05, 0) is 36.4 Å². The first kappa shape index (κ1) is 18.0. The average molecular weight is 385 g/mol. The zero-order valence-electron chi connectivity index (χ0n) is 15.1. The summed E-state index contributed by atoms with van der Waals surface area (Å²) in [6, 6.07) is 17.4. The van der Waals surface area contributed by atoms with Gasteiger partial charge in [-0.3, -0.25) is 14.0 Å². The molecule has 0 atom stereocenters. The predicted octanol–water partition coefficient (Wildman–Crippen LogP) is 2.98. The van der Waals surface area contributed by atoms with Crippen molar-refractivity contribution in [3.63, 3.8) is 0 Å². The van der Waals surface area contributed by atoms with Crippen molar-refractivity contribution < 1.29 is 14.0 Å². The maximum Gasteiger partial charge on any atom is 0.292 e. The molecule has 1 aromatic carbocycles. The summed E-state index contributed by atoms with van der Waals surface area (Å²) >= 11 is 0. The molecule has 2 amide bonds. The second-order valence-electron chi connectivity index (χ2n) is 6.11. The normalized spacial score (nSPS) is 10.4. The first-order valence-electron chi connectivity index (χ1n) is 8.75. The highest BCUT2D eigenvalue weighted by Crippen LogP contribution is 2.18. The smallest absolute Gasteiger partial charge is 0.292 e. The number of anilines is 1. The van der Waals surface area contributed by atoms with Crippen molar-refractivity contribution in [2.75, 3.05) is 5.32 Å². The number of pyridine rings is 1. The molecule has 142 valence electrons. The van der Waals surface area contributed by atoms with E-state index in [1.807, 2.05) is 6.07 Å². The van der Waals surface area contributed by atoms with Gasteiger partial charge in [0.1, 0.15) is 11.8 Å². The molecule has 0 aliphatic rings. The minimum Gasteiger partial charge on any atom is -0.467 e. The summed E-state index contributed by atoms with van der Waals surface area (Å²) in [7, 11) is 0. The van der Waals surface area contributed by atoms with Crippen LogP contribution in [0.4, 0.5) is 5.69 Å². The van der Waals surface area contributed by atoms with E-state index in [9.17, 15) is 14.9 Å². The lowest BCUT2D eigenvalue weighted by Gasteiger charge is -2.05. The Balaban J connectivity index is 1.64. The number of aromatic nitrogens is 2. The zero-order chi connectivity index (χ0) is 20.2. The zero-order valence-corrected chi connectivity index (χ0v) is 15.1. The maximum atomic E-state index is 12.8. The topological polar surface area (TPSA) is 112 Å². The number of rotatable bonds is 5. The van der Waals surface area contributed by atoms with Gasteiger partial charge in [-0.15, -0.1) is 0 Å². The number of nitrogens with zero attached hydrogens (tertiary/aromatic N) is 3. The molecular weight excluding hydrogens is 370 g/mol. The molecule has 3 aromatic heterocycles. The Morgan fingerprint density at radius 2 is 1.90 bits per heavy atom. The van der Waals surface area contributed by atoms with Gasteiger partial charge in [0.05, 0.1) is 29.6 Å². The third-order valence-electron chi connectivity index (χ3n) is 4.27. The minimum atomic E-state index is -0.529. The number of carbonyl (C=O) groups is 2. The maximum absolute atomic E-state index is 12.8. The van der Waals surface area contributed by atoms with Crippen LogP contribution in [0.1, 0.15) is 32.4 Å². The summed E-state index contributed by atoms with van der Waals surface area (Å²) in [5.74, 6) is -0.315. The number of carbonyl (C=O) groups excluding carboxylic acids is 2. The Labute approximate surface area is 165 Å². The molecule has 0 saturated heterocycles. The molecule has 0 radical (unpaired) electrons. The van der Waals surface area contributed by atoms with Crippen LogP contribution in [-0.2, 0) is 6.54 Å². The van der Waals surface area contributed by atoms with Gasteiger partial charge in [0.2, 0.25) is 5.82 Å². The number of nitriles is 1. The van der Waals surface area contributed by atoms with Crippen molar-refractivity contribution in [3.05, 3.63) is 89.9 Å². The number of hydrogen-bond acceptors (Lipinski definition) is 5. The standard InChI is InChI=1S/C21H15N5O3/c22-12-14-6-1-2-8-16(14)24-21(28)19-25-18(17-9-3-4-10-26(17)19)20(27)23-13-15-7-5-11-29-15/h1-11H,13H2,(H,23,27)(H,24,28). The summed E-state index contributed by atoms with van der Waals surface area (Å²) < 4.78 is 6.74. The molecule has 2 N–H and O–H groups in total. The van der Waals surface area contributed by atoms with Crippen molar-refractivity contribution in [1.29, 1.82) is 5.26 Å². The molecule has 8 nitrogen and oxygen atoms in total. The fourth-order valence-corrected chi connectivity index (χ4v) is 2.90. The summed E-state index contributed by atoms with van der Waals surface area (Å²) in [6.45, 7) is 0.203. The molecular formula is C21H15N5O3. The van der Waals surface area contributed by atoms with Gasteiger partial charge >= 0.3 is 0 Å². The Morgan fingerprint density at radius 1 is 1.07 bits per heavy atom. The van der Waals surface area contributed by atoms with E-state index >= 15 is 0 Å². The Hall–Kier alpha value is -4.38. The third-order valence-corrected chi connectivity index (χ3v) is 4.27. The number of furan rings is 1. The van der Waals surface area contributed by atoms with Gasteiger partial charge in [-0.25, -0.2) is 4.98 Å². The van der Waals surface area contributed by atoms with E-state index in [2.05, 4.69) is 15.6 Å². The largest absolute Gasteiger partial charge is 0.467 e. The lowest BCUT2D eigenvalue weighted by molar-refractivity contribution is 0.0945. The molecule has 0 aliphatic heterocycles. The van der Waals surface area contributed by atoms with E-state index in [0.717, 1.165) is 0 Å². The molecule has 0 bridgehead atoms. The first-order valence-corrected chi connectivity index (χ1v) is 8.75. The fraction of sp³-hybridized carbons (Fsp3) is 0.0476.